The number of benzene rings is 2. The number of halogens is 3. The maximum absolute atomic E-state index is 13.5. The third kappa shape index (κ3) is 4.16. The molecule has 0 saturated heterocycles. The number of nitrogens with one attached hydrogen (secondary N) is 1. The zero-order valence-corrected chi connectivity index (χ0v) is 12.3. The van der Waals surface area contributed by atoms with Crippen molar-refractivity contribution in [3.8, 4) is 5.75 Å². The summed E-state index contributed by atoms with van der Waals surface area (Å²) < 4.78 is 31.8. The lowest BCUT2D eigenvalue weighted by atomic mass is 10.3. The Morgan fingerprint density at radius 3 is 2.52 bits per heavy atom. The van der Waals surface area contributed by atoms with E-state index >= 15 is 0 Å². The number of anilines is 2. The molecule has 4 nitrogen and oxygen atoms in total. The van der Waals surface area contributed by atoms with Crippen LogP contribution in [0.5, 0.6) is 5.75 Å². The van der Waals surface area contributed by atoms with Crippen LogP contribution in [0, 0.1) is 11.6 Å². The summed E-state index contributed by atoms with van der Waals surface area (Å²) in [6, 6.07) is 8.21. The van der Waals surface area contributed by atoms with Crippen LogP contribution < -0.4 is 15.8 Å². The number of hydrogen-bond acceptors (Lipinski definition) is 3. The fraction of sp³-hybridized carbons (Fsp3) is 0.0714. The number of carbonyl (C=O) groups is 1. The number of hydrogen-bond donors (Lipinski definition) is 2. The first-order valence-corrected chi connectivity index (χ1v) is 6.68. The molecule has 0 aliphatic rings. The van der Waals surface area contributed by atoms with Crippen molar-refractivity contribution in [1.82, 2.24) is 0 Å². The fourth-order valence-electron chi connectivity index (χ4n) is 1.55. The molecular weight excluding hydrogens is 346 g/mol. The molecular formula is C14H11BrF2N2O2. The van der Waals surface area contributed by atoms with E-state index in [1.54, 1.807) is 24.3 Å². The van der Waals surface area contributed by atoms with Gasteiger partial charge in [0.05, 0.1) is 5.69 Å². The molecule has 0 spiro atoms. The van der Waals surface area contributed by atoms with Crippen molar-refractivity contribution in [3.63, 3.8) is 0 Å². The second kappa shape index (κ2) is 6.53. The first kappa shape index (κ1) is 15.2. The van der Waals surface area contributed by atoms with E-state index in [4.69, 9.17) is 10.5 Å². The van der Waals surface area contributed by atoms with Crippen molar-refractivity contribution < 1.29 is 18.3 Å². The molecule has 0 unspecified atom stereocenters. The van der Waals surface area contributed by atoms with E-state index in [1.807, 2.05) is 0 Å². The van der Waals surface area contributed by atoms with Gasteiger partial charge in [0.25, 0.3) is 5.91 Å². The highest BCUT2D eigenvalue weighted by atomic mass is 79.9. The van der Waals surface area contributed by atoms with Crippen molar-refractivity contribution in [2.75, 3.05) is 17.7 Å². The lowest BCUT2D eigenvalue weighted by Crippen LogP contribution is -2.21. The number of amides is 1. The summed E-state index contributed by atoms with van der Waals surface area (Å²) in [5.74, 6) is -1.73. The Kier molecular flexibility index (Phi) is 4.74. The van der Waals surface area contributed by atoms with Gasteiger partial charge in [-0.2, -0.15) is 0 Å². The van der Waals surface area contributed by atoms with Crippen LogP contribution in [0.2, 0.25) is 0 Å². The molecule has 0 saturated carbocycles. The zero-order valence-electron chi connectivity index (χ0n) is 10.7. The van der Waals surface area contributed by atoms with Gasteiger partial charge in [0.1, 0.15) is 11.6 Å². The third-order valence-corrected chi connectivity index (χ3v) is 3.15. The number of nitrogen functional groups attached to an aromatic ring is 1. The van der Waals surface area contributed by atoms with Crippen LogP contribution in [-0.2, 0) is 4.79 Å². The minimum Gasteiger partial charge on any atom is -0.484 e. The molecule has 7 heteroatoms. The predicted octanol–water partition coefficient (Wildman–Crippen LogP) is 3.33. The highest BCUT2D eigenvalue weighted by molar-refractivity contribution is 9.10. The van der Waals surface area contributed by atoms with Gasteiger partial charge in [0.15, 0.2) is 12.4 Å². The molecule has 2 aromatic carbocycles. The predicted molar refractivity (Wildman–Crippen MR) is 79.0 cm³/mol. The molecule has 0 bridgehead atoms. The monoisotopic (exact) mass is 356 g/mol. The van der Waals surface area contributed by atoms with Crippen LogP contribution in [0.15, 0.2) is 40.9 Å². The van der Waals surface area contributed by atoms with E-state index in [0.717, 1.165) is 6.07 Å². The molecule has 0 aromatic heterocycles. The van der Waals surface area contributed by atoms with E-state index in [0.29, 0.717) is 17.5 Å². The molecule has 1 amide bonds. The minimum absolute atomic E-state index is 0.112. The van der Waals surface area contributed by atoms with Crippen LogP contribution in [0.25, 0.3) is 0 Å². The van der Waals surface area contributed by atoms with Crippen LogP contribution in [0.3, 0.4) is 0 Å². The Morgan fingerprint density at radius 2 is 1.90 bits per heavy atom. The van der Waals surface area contributed by atoms with Crippen molar-refractivity contribution >= 4 is 33.2 Å². The largest absolute Gasteiger partial charge is 0.484 e. The van der Waals surface area contributed by atoms with Gasteiger partial charge in [-0.25, -0.2) is 8.78 Å². The van der Waals surface area contributed by atoms with Crippen molar-refractivity contribution in [2.24, 2.45) is 0 Å². The molecule has 21 heavy (non-hydrogen) atoms. The average molecular weight is 357 g/mol. The van der Waals surface area contributed by atoms with Crippen LogP contribution >= 0.6 is 15.9 Å². The Balaban J connectivity index is 1.97. The van der Waals surface area contributed by atoms with Gasteiger partial charge < -0.3 is 15.8 Å². The van der Waals surface area contributed by atoms with Gasteiger partial charge >= 0.3 is 0 Å². The van der Waals surface area contributed by atoms with Gasteiger partial charge in [-0.3, -0.25) is 4.79 Å². The van der Waals surface area contributed by atoms with Gasteiger partial charge in [0, 0.05) is 16.2 Å². The number of rotatable bonds is 4. The third-order valence-electron chi connectivity index (χ3n) is 2.52. The lowest BCUT2D eigenvalue weighted by molar-refractivity contribution is -0.118. The average Bonchev–Trinajstić information content (AvgIpc) is 2.42. The summed E-state index contributed by atoms with van der Waals surface area (Å²) in [6.45, 7) is -0.312. The lowest BCUT2D eigenvalue weighted by Gasteiger charge is -2.10. The van der Waals surface area contributed by atoms with Crippen molar-refractivity contribution in [3.05, 3.63) is 52.5 Å². The second-order valence-corrected chi connectivity index (χ2v) is 5.00. The molecule has 2 rings (SSSR count). The normalized spacial score (nSPS) is 10.2. The topological polar surface area (TPSA) is 64.3 Å². The van der Waals surface area contributed by atoms with Gasteiger partial charge in [-0.15, -0.1) is 0 Å². The van der Waals surface area contributed by atoms with Crippen LogP contribution in [0.1, 0.15) is 0 Å². The second-order valence-electron chi connectivity index (χ2n) is 4.15. The van der Waals surface area contributed by atoms with E-state index in [1.165, 1.54) is 0 Å². The molecule has 0 aliphatic heterocycles. The highest BCUT2D eigenvalue weighted by Crippen LogP contribution is 2.26. The van der Waals surface area contributed by atoms with E-state index in [9.17, 15) is 13.6 Å². The molecule has 110 valence electrons. The molecule has 2 aromatic rings. The molecule has 0 aliphatic carbocycles. The van der Waals surface area contributed by atoms with E-state index in [2.05, 4.69) is 21.2 Å². The Hall–Kier alpha value is -2.15. The summed E-state index contributed by atoms with van der Waals surface area (Å²) in [6.07, 6.45) is 0. The first-order chi connectivity index (χ1) is 9.95. The summed E-state index contributed by atoms with van der Waals surface area (Å²) in [5.41, 5.74) is 5.95. The molecule has 0 radical (unpaired) electrons. The highest BCUT2D eigenvalue weighted by Gasteiger charge is 2.13. The zero-order chi connectivity index (χ0) is 15.4. The fourth-order valence-corrected chi connectivity index (χ4v) is 2.06. The van der Waals surface area contributed by atoms with Gasteiger partial charge in [-0.05, 0) is 46.3 Å². The van der Waals surface area contributed by atoms with Gasteiger partial charge in [0.2, 0.25) is 0 Å². The minimum atomic E-state index is -0.872. The maximum atomic E-state index is 13.5. The molecule has 0 fully saturated rings. The number of nitrogens with two attached hydrogens (primary N) is 1. The van der Waals surface area contributed by atoms with E-state index < -0.39 is 17.5 Å². The summed E-state index contributed by atoms with van der Waals surface area (Å²) in [4.78, 5) is 11.7. The Bertz CT molecular complexity index is 640. The van der Waals surface area contributed by atoms with Crippen molar-refractivity contribution in [2.45, 2.75) is 0 Å². The Labute approximate surface area is 128 Å². The quantitative estimate of drug-likeness (QED) is 0.825. The number of ether oxygens (including phenoxy) is 1. The summed E-state index contributed by atoms with van der Waals surface area (Å²) in [5, 5.41) is 2.31. The maximum Gasteiger partial charge on any atom is 0.262 e. The molecule has 3 N–H and O–H groups in total. The first-order valence-electron chi connectivity index (χ1n) is 5.88. The SMILES string of the molecule is Nc1ccc(OCC(=O)Nc2c(F)cc(F)cc2Br)cc1. The molecule has 0 heterocycles. The smallest absolute Gasteiger partial charge is 0.262 e. The number of carbonyl (C=O) groups excluding carboxylic acids is 1. The standard InChI is InChI=1S/C14H11BrF2N2O2/c15-11-5-8(16)6-12(17)14(11)19-13(20)7-21-10-3-1-9(18)2-4-10/h1-6H,7,18H2,(H,19,20). The van der Waals surface area contributed by atoms with Gasteiger partial charge in [-0.1, -0.05) is 0 Å². The van der Waals surface area contributed by atoms with Crippen molar-refractivity contribution in [1.29, 1.82) is 0 Å². The van der Waals surface area contributed by atoms with Crippen LogP contribution in [0.4, 0.5) is 20.2 Å². The van der Waals surface area contributed by atoms with Crippen LogP contribution in [-0.4, -0.2) is 12.5 Å². The summed E-state index contributed by atoms with van der Waals surface area (Å²) in [7, 11) is 0. The molecule has 0 atom stereocenters. The summed E-state index contributed by atoms with van der Waals surface area (Å²) >= 11 is 2.98. The van der Waals surface area contributed by atoms with E-state index in [-0.39, 0.29) is 16.8 Å². The Morgan fingerprint density at radius 1 is 1.24 bits per heavy atom.